The van der Waals surface area contributed by atoms with E-state index in [1.807, 2.05) is 13.0 Å². The molecule has 1 aromatic carbocycles. The zero-order valence-corrected chi connectivity index (χ0v) is 11.4. The van der Waals surface area contributed by atoms with Crippen molar-refractivity contribution in [3.05, 3.63) is 52.7 Å². The van der Waals surface area contributed by atoms with Gasteiger partial charge in [0.1, 0.15) is 16.7 Å². The van der Waals surface area contributed by atoms with Crippen LogP contribution in [0.3, 0.4) is 0 Å². The quantitative estimate of drug-likeness (QED) is 0.875. The Morgan fingerprint density at radius 1 is 1.32 bits per heavy atom. The van der Waals surface area contributed by atoms with Crippen LogP contribution in [0.5, 0.6) is 5.75 Å². The van der Waals surface area contributed by atoms with E-state index in [0.717, 1.165) is 5.56 Å². The highest BCUT2D eigenvalue weighted by Crippen LogP contribution is 2.19. The first kappa shape index (κ1) is 13.4. The second-order valence-corrected chi connectivity index (χ2v) is 4.37. The third-order valence-corrected chi connectivity index (χ3v) is 2.84. The van der Waals surface area contributed by atoms with Gasteiger partial charge in [-0.2, -0.15) is 0 Å². The molecule has 19 heavy (non-hydrogen) atoms. The van der Waals surface area contributed by atoms with Gasteiger partial charge in [0, 0.05) is 5.56 Å². The molecule has 2 aromatic rings. The van der Waals surface area contributed by atoms with E-state index in [2.05, 4.69) is 10.3 Å². The Morgan fingerprint density at radius 2 is 2.11 bits per heavy atom. The molecule has 0 aliphatic carbocycles. The van der Waals surface area contributed by atoms with Gasteiger partial charge in [0.15, 0.2) is 0 Å². The average Bonchev–Trinajstić information content (AvgIpc) is 2.39. The first-order valence-electron chi connectivity index (χ1n) is 5.68. The van der Waals surface area contributed by atoms with Crippen molar-refractivity contribution in [3.63, 3.8) is 0 Å². The Balaban J connectivity index is 2.20. The number of benzene rings is 1. The summed E-state index contributed by atoms with van der Waals surface area (Å²) in [6.07, 6.45) is 0. The minimum Gasteiger partial charge on any atom is -0.496 e. The molecule has 1 aromatic heterocycles. The number of pyridine rings is 1. The predicted octanol–water partition coefficient (Wildman–Crippen LogP) is 3.30. The monoisotopic (exact) mass is 276 g/mol. The number of rotatable bonds is 3. The van der Waals surface area contributed by atoms with E-state index < -0.39 is 0 Å². The van der Waals surface area contributed by atoms with Crippen LogP contribution in [0, 0.1) is 6.92 Å². The van der Waals surface area contributed by atoms with E-state index in [-0.39, 0.29) is 5.91 Å². The summed E-state index contributed by atoms with van der Waals surface area (Å²) in [5.74, 6) is 0.830. The Hall–Kier alpha value is -2.07. The summed E-state index contributed by atoms with van der Waals surface area (Å²) >= 11 is 5.76. The molecule has 4 nitrogen and oxygen atoms in total. The van der Waals surface area contributed by atoms with Gasteiger partial charge in [0.2, 0.25) is 0 Å². The number of aryl methyl sites for hydroxylation is 1. The smallest absolute Gasteiger partial charge is 0.256 e. The molecule has 0 saturated heterocycles. The second kappa shape index (κ2) is 5.71. The van der Waals surface area contributed by atoms with Crippen molar-refractivity contribution >= 4 is 23.3 Å². The molecule has 0 spiro atoms. The van der Waals surface area contributed by atoms with Gasteiger partial charge in [-0.25, -0.2) is 4.98 Å². The molecule has 0 fully saturated rings. The molecule has 0 radical (unpaired) electrons. The van der Waals surface area contributed by atoms with E-state index in [1.54, 1.807) is 37.4 Å². The summed E-state index contributed by atoms with van der Waals surface area (Å²) in [5.41, 5.74) is 1.48. The molecule has 0 atom stereocenters. The minimum atomic E-state index is -0.256. The van der Waals surface area contributed by atoms with E-state index in [1.165, 1.54) is 0 Å². The maximum Gasteiger partial charge on any atom is 0.256 e. The maximum atomic E-state index is 12.1. The fourth-order valence-electron chi connectivity index (χ4n) is 1.63. The summed E-state index contributed by atoms with van der Waals surface area (Å²) in [6, 6.07) is 10.3. The van der Waals surface area contributed by atoms with Gasteiger partial charge in [-0.3, -0.25) is 4.79 Å². The number of hydrogen-bond acceptors (Lipinski definition) is 3. The van der Waals surface area contributed by atoms with Gasteiger partial charge >= 0.3 is 0 Å². The SMILES string of the molecule is COc1cc(C(=O)Nc2cccc(Cl)n2)ccc1C. The highest BCUT2D eigenvalue weighted by atomic mass is 35.5. The Bertz CT molecular complexity index is 614. The summed E-state index contributed by atoms with van der Waals surface area (Å²) in [6.45, 7) is 1.92. The lowest BCUT2D eigenvalue weighted by Crippen LogP contribution is -2.13. The van der Waals surface area contributed by atoms with E-state index in [4.69, 9.17) is 16.3 Å². The van der Waals surface area contributed by atoms with Crippen molar-refractivity contribution < 1.29 is 9.53 Å². The number of carbonyl (C=O) groups is 1. The highest BCUT2D eigenvalue weighted by molar-refractivity contribution is 6.29. The fourth-order valence-corrected chi connectivity index (χ4v) is 1.79. The summed E-state index contributed by atoms with van der Waals surface area (Å²) < 4.78 is 5.19. The molecular formula is C14H13ClN2O2. The van der Waals surface area contributed by atoms with Gasteiger partial charge in [0.25, 0.3) is 5.91 Å². The Labute approximate surface area is 116 Å². The van der Waals surface area contributed by atoms with Crippen LogP contribution in [0.4, 0.5) is 5.82 Å². The molecule has 0 bridgehead atoms. The molecular weight excluding hydrogens is 264 g/mol. The number of ether oxygens (including phenoxy) is 1. The standard InChI is InChI=1S/C14H13ClN2O2/c1-9-6-7-10(8-11(9)19-2)14(18)17-13-5-3-4-12(15)16-13/h3-8H,1-2H3,(H,16,17,18). The molecule has 0 saturated carbocycles. The second-order valence-electron chi connectivity index (χ2n) is 3.98. The molecule has 0 aliphatic rings. The zero-order chi connectivity index (χ0) is 13.8. The highest BCUT2D eigenvalue weighted by Gasteiger charge is 2.09. The maximum absolute atomic E-state index is 12.1. The predicted molar refractivity (Wildman–Crippen MR) is 74.9 cm³/mol. The molecule has 98 valence electrons. The topological polar surface area (TPSA) is 51.2 Å². The lowest BCUT2D eigenvalue weighted by molar-refractivity contribution is 0.102. The summed E-state index contributed by atoms with van der Waals surface area (Å²) in [7, 11) is 1.57. The first-order chi connectivity index (χ1) is 9.10. The average molecular weight is 277 g/mol. The summed E-state index contributed by atoms with van der Waals surface area (Å²) in [5, 5.41) is 3.01. The zero-order valence-electron chi connectivity index (χ0n) is 10.6. The number of nitrogens with zero attached hydrogens (tertiary/aromatic N) is 1. The number of halogens is 1. The van der Waals surface area contributed by atoms with Gasteiger partial charge < -0.3 is 10.1 Å². The van der Waals surface area contributed by atoms with Crippen LogP contribution < -0.4 is 10.1 Å². The molecule has 5 heteroatoms. The molecule has 0 unspecified atom stereocenters. The summed E-state index contributed by atoms with van der Waals surface area (Å²) in [4.78, 5) is 16.1. The van der Waals surface area contributed by atoms with Crippen molar-refractivity contribution in [1.82, 2.24) is 4.98 Å². The van der Waals surface area contributed by atoms with Crippen LogP contribution in [0.2, 0.25) is 5.15 Å². The fraction of sp³-hybridized carbons (Fsp3) is 0.143. The number of carbonyl (C=O) groups excluding carboxylic acids is 1. The number of methoxy groups -OCH3 is 1. The first-order valence-corrected chi connectivity index (χ1v) is 6.06. The van der Waals surface area contributed by atoms with Crippen molar-refractivity contribution in [3.8, 4) is 5.75 Å². The molecule has 1 N–H and O–H groups in total. The van der Waals surface area contributed by atoms with Gasteiger partial charge in [-0.1, -0.05) is 23.7 Å². The van der Waals surface area contributed by atoms with Crippen LogP contribution in [0.15, 0.2) is 36.4 Å². The normalized spacial score (nSPS) is 10.1. The molecule has 1 amide bonds. The third kappa shape index (κ3) is 3.23. The van der Waals surface area contributed by atoms with Crippen molar-refractivity contribution in [2.75, 3.05) is 12.4 Å². The van der Waals surface area contributed by atoms with Crippen molar-refractivity contribution in [1.29, 1.82) is 0 Å². The molecule has 0 aliphatic heterocycles. The number of nitrogens with one attached hydrogen (secondary N) is 1. The number of amides is 1. The minimum absolute atomic E-state index is 0.256. The largest absolute Gasteiger partial charge is 0.496 e. The van der Waals surface area contributed by atoms with Crippen LogP contribution in [-0.2, 0) is 0 Å². The van der Waals surface area contributed by atoms with Crippen LogP contribution in [-0.4, -0.2) is 18.0 Å². The lowest BCUT2D eigenvalue weighted by atomic mass is 10.1. The number of anilines is 1. The number of aromatic nitrogens is 1. The third-order valence-electron chi connectivity index (χ3n) is 2.63. The van der Waals surface area contributed by atoms with Gasteiger partial charge in [-0.05, 0) is 36.8 Å². The van der Waals surface area contributed by atoms with Crippen LogP contribution in [0.1, 0.15) is 15.9 Å². The van der Waals surface area contributed by atoms with Crippen LogP contribution >= 0.6 is 11.6 Å². The van der Waals surface area contributed by atoms with Crippen molar-refractivity contribution in [2.45, 2.75) is 6.92 Å². The van der Waals surface area contributed by atoms with Gasteiger partial charge in [0.05, 0.1) is 7.11 Å². The molecule has 2 rings (SSSR count). The van der Waals surface area contributed by atoms with Crippen molar-refractivity contribution in [2.24, 2.45) is 0 Å². The number of hydrogen-bond donors (Lipinski definition) is 1. The van der Waals surface area contributed by atoms with Gasteiger partial charge in [-0.15, -0.1) is 0 Å². The van der Waals surface area contributed by atoms with Crippen LogP contribution in [0.25, 0.3) is 0 Å². The molecule has 1 heterocycles. The Morgan fingerprint density at radius 3 is 2.79 bits per heavy atom. The van der Waals surface area contributed by atoms with E-state index in [0.29, 0.717) is 22.3 Å². The van der Waals surface area contributed by atoms with E-state index in [9.17, 15) is 4.79 Å². The lowest BCUT2D eigenvalue weighted by Gasteiger charge is -2.08. The Kier molecular flexibility index (Phi) is 4.02. The van der Waals surface area contributed by atoms with E-state index >= 15 is 0 Å².